The number of carbonyl (C=O) groups excluding carboxylic acids is 2. The molecule has 27 heavy (non-hydrogen) atoms. The predicted octanol–water partition coefficient (Wildman–Crippen LogP) is 4.10. The van der Waals surface area contributed by atoms with Gasteiger partial charge in [-0.15, -0.1) is 0 Å². The number of para-hydroxylation sites is 1. The lowest BCUT2D eigenvalue weighted by atomic mass is 10.1. The van der Waals surface area contributed by atoms with Gasteiger partial charge in [-0.2, -0.15) is 0 Å². The lowest BCUT2D eigenvalue weighted by Gasteiger charge is -2.25. The number of anilines is 1. The molecule has 2 amide bonds. The summed E-state index contributed by atoms with van der Waals surface area (Å²) >= 11 is 5.91. The van der Waals surface area contributed by atoms with E-state index < -0.39 is 0 Å². The molecule has 3 rings (SSSR count). The van der Waals surface area contributed by atoms with Gasteiger partial charge in [0.2, 0.25) is 11.8 Å². The molecular formula is C22H25ClN2O2. The van der Waals surface area contributed by atoms with Crippen LogP contribution in [0.25, 0.3) is 0 Å². The number of hydrogen-bond acceptors (Lipinski definition) is 2. The molecule has 0 aromatic heterocycles. The van der Waals surface area contributed by atoms with Crippen LogP contribution in [0.5, 0.6) is 0 Å². The van der Waals surface area contributed by atoms with Gasteiger partial charge >= 0.3 is 0 Å². The fraction of sp³-hybridized carbons (Fsp3) is 0.364. The molecule has 1 atom stereocenters. The fourth-order valence-electron chi connectivity index (χ4n) is 3.64. The Hall–Kier alpha value is -2.33. The van der Waals surface area contributed by atoms with E-state index >= 15 is 0 Å². The van der Waals surface area contributed by atoms with E-state index in [0.29, 0.717) is 24.5 Å². The zero-order valence-corrected chi connectivity index (χ0v) is 16.6. The van der Waals surface area contributed by atoms with Crippen LogP contribution >= 0.6 is 11.6 Å². The molecule has 0 bridgehead atoms. The first-order chi connectivity index (χ1) is 13.0. The summed E-state index contributed by atoms with van der Waals surface area (Å²) in [4.78, 5) is 28.5. The molecular weight excluding hydrogens is 360 g/mol. The molecule has 142 valence electrons. The van der Waals surface area contributed by atoms with Crippen molar-refractivity contribution in [2.45, 2.75) is 39.2 Å². The summed E-state index contributed by atoms with van der Waals surface area (Å²) < 4.78 is 0. The van der Waals surface area contributed by atoms with E-state index in [0.717, 1.165) is 24.1 Å². The molecule has 0 saturated heterocycles. The minimum atomic E-state index is -0.00775. The van der Waals surface area contributed by atoms with Crippen LogP contribution in [0.1, 0.15) is 31.4 Å². The van der Waals surface area contributed by atoms with Crippen molar-refractivity contribution in [3.8, 4) is 0 Å². The first kappa shape index (κ1) is 19.4. The molecule has 0 radical (unpaired) electrons. The average molecular weight is 385 g/mol. The monoisotopic (exact) mass is 384 g/mol. The number of hydrogen-bond donors (Lipinski definition) is 0. The van der Waals surface area contributed by atoms with Gasteiger partial charge in [0, 0.05) is 43.2 Å². The van der Waals surface area contributed by atoms with E-state index in [4.69, 9.17) is 11.6 Å². The third-order valence-electron chi connectivity index (χ3n) is 5.10. The summed E-state index contributed by atoms with van der Waals surface area (Å²) in [6.07, 6.45) is 1.96. The van der Waals surface area contributed by atoms with E-state index in [-0.39, 0.29) is 17.9 Å². The first-order valence-electron chi connectivity index (χ1n) is 9.35. The normalized spacial score (nSPS) is 15.5. The number of amides is 2. The van der Waals surface area contributed by atoms with Crippen LogP contribution < -0.4 is 4.90 Å². The van der Waals surface area contributed by atoms with Gasteiger partial charge in [0.15, 0.2) is 0 Å². The number of nitrogens with zero attached hydrogens (tertiary/aromatic N) is 2. The van der Waals surface area contributed by atoms with E-state index in [9.17, 15) is 9.59 Å². The molecule has 1 heterocycles. The Kier molecular flexibility index (Phi) is 6.17. The number of rotatable bonds is 6. The minimum absolute atomic E-state index is 0.00775. The largest absolute Gasteiger partial charge is 0.342 e. The Bertz CT molecular complexity index is 819. The maximum Gasteiger partial charge on any atom is 0.229 e. The minimum Gasteiger partial charge on any atom is -0.342 e. The van der Waals surface area contributed by atoms with Gasteiger partial charge in [-0.25, -0.2) is 0 Å². The van der Waals surface area contributed by atoms with E-state index in [1.807, 2.05) is 47.4 Å². The third-order valence-corrected chi connectivity index (χ3v) is 5.35. The molecule has 0 spiro atoms. The van der Waals surface area contributed by atoms with Crippen molar-refractivity contribution in [3.05, 3.63) is 64.7 Å². The summed E-state index contributed by atoms with van der Waals surface area (Å²) in [6.45, 7) is 4.66. The van der Waals surface area contributed by atoms with Crippen LogP contribution in [0.4, 0.5) is 5.69 Å². The van der Waals surface area contributed by atoms with Crippen molar-refractivity contribution in [2.75, 3.05) is 18.0 Å². The van der Waals surface area contributed by atoms with Crippen molar-refractivity contribution in [2.24, 2.45) is 0 Å². The number of fused-ring (bicyclic) bond motifs is 1. The number of benzene rings is 2. The lowest BCUT2D eigenvalue weighted by Crippen LogP contribution is -2.39. The van der Waals surface area contributed by atoms with E-state index in [1.165, 1.54) is 5.56 Å². The van der Waals surface area contributed by atoms with Gasteiger partial charge in [0.1, 0.15) is 0 Å². The van der Waals surface area contributed by atoms with Gasteiger partial charge < -0.3 is 9.80 Å². The Balaban J connectivity index is 1.58. The number of carbonyl (C=O) groups is 2. The van der Waals surface area contributed by atoms with Crippen LogP contribution in [-0.4, -0.2) is 35.8 Å². The van der Waals surface area contributed by atoms with Crippen LogP contribution in [0.15, 0.2) is 48.5 Å². The highest BCUT2D eigenvalue weighted by atomic mass is 35.5. The maximum atomic E-state index is 12.8. The Labute approximate surface area is 165 Å². The van der Waals surface area contributed by atoms with Gasteiger partial charge in [-0.05, 0) is 49.1 Å². The van der Waals surface area contributed by atoms with Gasteiger partial charge in [-0.3, -0.25) is 9.59 Å². The van der Waals surface area contributed by atoms with Crippen LogP contribution in [-0.2, 0) is 22.4 Å². The van der Waals surface area contributed by atoms with Gasteiger partial charge in [0.05, 0.1) is 0 Å². The molecule has 1 unspecified atom stereocenters. The Morgan fingerprint density at radius 1 is 1.11 bits per heavy atom. The highest BCUT2D eigenvalue weighted by Gasteiger charge is 2.30. The maximum absolute atomic E-state index is 12.8. The third kappa shape index (κ3) is 4.69. The Morgan fingerprint density at radius 3 is 2.52 bits per heavy atom. The SMILES string of the molecule is CC(=O)N(CCC(=O)N1c2ccccc2CC1C)CCc1ccc(Cl)cc1. The molecule has 0 saturated carbocycles. The first-order valence-corrected chi connectivity index (χ1v) is 9.73. The van der Waals surface area contributed by atoms with Crippen LogP contribution in [0.2, 0.25) is 5.02 Å². The van der Waals surface area contributed by atoms with Crippen molar-refractivity contribution < 1.29 is 9.59 Å². The van der Waals surface area contributed by atoms with Gasteiger partial charge in [0.25, 0.3) is 0 Å². The molecule has 0 aliphatic carbocycles. The van der Waals surface area contributed by atoms with E-state index in [1.54, 1.807) is 11.8 Å². The summed E-state index contributed by atoms with van der Waals surface area (Å²) in [5, 5.41) is 0.702. The Morgan fingerprint density at radius 2 is 1.81 bits per heavy atom. The van der Waals surface area contributed by atoms with Crippen molar-refractivity contribution in [1.82, 2.24) is 4.90 Å². The van der Waals surface area contributed by atoms with Crippen molar-refractivity contribution in [1.29, 1.82) is 0 Å². The highest BCUT2D eigenvalue weighted by molar-refractivity contribution is 6.30. The fourth-order valence-corrected chi connectivity index (χ4v) is 3.76. The smallest absolute Gasteiger partial charge is 0.229 e. The molecule has 1 aliphatic rings. The van der Waals surface area contributed by atoms with E-state index in [2.05, 4.69) is 13.0 Å². The molecule has 4 nitrogen and oxygen atoms in total. The molecule has 2 aromatic carbocycles. The summed E-state index contributed by atoms with van der Waals surface area (Å²) in [7, 11) is 0. The molecule has 2 aromatic rings. The van der Waals surface area contributed by atoms with Crippen LogP contribution in [0.3, 0.4) is 0 Å². The summed E-state index contributed by atoms with van der Waals surface area (Å²) in [6, 6.07) is 15.8. The van der Waals surface area contributed by atoms with Crippen LogP contribution in [0, 0.1) is 0 Å². The molecule has 5 heteroatoms. The van der Waals surface area contributed by atoms with Gasteiger partial charge in [-0.1, -0.05) is 41.9 Å². The predicted molar refractivity (Wildman–Crippen MR) is 109 cm³/mol. The second kappa shape index (κ2) is 8.57. The quantitative estimate of drug-likeness (QED) is 0.752. The highest BCUT2D eigenvalue weighted by Crippen LogP contribution is 2.32. The second-order valence-corrected chi connectivity index (χ2v) is 7.51. The zero-order chi connectivity index (χ0) is 19.4. The van der Waals surface area contributed by atoms with Crippen molar-refractivity contribution in [3.63, 3.8) is 0 Å². The summed E-state index contributed by atoms with van der Waals surface area (Å²) in [5.41, 5.74) is 3.34. The average Bonchev–Trinajstić information content (AvgIpc) is 2.98. The standard InChI is InChI=1S/C22H25ClN2O2/c1-16-15-19-5-3-4-6-21(19)25(16)22(27)12-14-24(17(2)26)13-11-18-7-9-20(23)10-8-18/h3-10,16H,11-15H2,1-2H3. The zero-order valence-electron chi connectivity index (χ0n) is 15.8. The molecule has 0 N–H and O–H groups in total. The second-order valence-electron chi connectivity index (χ2n) is 7.08. The molecule has 0 fully saturated rings. The lowest BCUT2D eigenvalue weighted by molar-refractivity contribution is -0.129. The number of halogens is 1. The molecule has 1 aliphatic heterocycles. The summed E-state index contributed by atoms with van der Waals surface area (Å²) in [5.74, 6) is 0.0665. The van der Waals surface area contributed by atoms with Crippen molar-refractivity contribution >= 4 is 29.1 Å². The topological polar surface area (TPSA) is 40.6 Å².